The Bertz CT molecular complexity index is 1460. The molecular weight excluding hydrogens is 468 g/mol. The van der Waals surface area contributed by atoms with Crippen molar-refractivity contribution in [2.45, 2.75) is 39.2 Å². The molecule has 5 heterocycles. The molecule has 10 nitrogen and oxygen atoms in total. The van der Waals surface area contributed by atoms with Gasteiger partial charge in [-0.05, 0) is 65.1 Å². The highest BCUT2D eigenvalue weighted by molar-refractivity contribution is 5.92. The van der Waals surface area contributed by atoms with Crippen molar-refractivity contribution in [2.75, 3.05) is 39.0 Å². The standard InChI is InChI=1S/C27H34N8O2/c1-27(2,3)37-26(36)34-12-8-18(9-13-34)22-14-21-24(29-17-30-25(21)32-22)31-19-6-7-23-28-15-20(35(23)16-19)10-11-33(4)5/h6-8,14-17H,9-13H2,1-5H3,(H2,29,30,31,32). The molecule has 0 atom stereocenters. The fourth-order valence-corrected chi connectivity index (χ4v) is 4.38. The van der Waals surface area contributed by atoms with Crippen LogP contribution in [0.1, 0.15) is 38.6 Å². The summed E-state index contributed by atoms with van der Waals surface area (Å²) in [5, 5.41) is 4.37. The summed E-state index contributed by atoms with van der Waals surface area (Å²) in [6, 6.07) is 6.09. The number of pyridine rings is 1. The first-order valence-electron chi connectivity index (χ1n) is 12.5. The molecule has 0 aromatic carbocycles. The number of carbonyl (C=O) groups is 1. The van der Waals surface area contributed by atoms with E-state index >= 15 is 0 Å². The average Bonchev–Trinajstić information content (AvgIpc) is 3.46. The fourth-order valence-electron chi connectivity index (χ4n) is 4.38. The first kappa shape index (κ1) is 24.8. The number of carbonyl (C=O) groups excluding carboxylic acids is 1. The molecule has 0 saturated carbocycles. The van der Waals surface area contributed by atoms with E-state index in [0.29, 0.717) is 13.1 Å². The predicted octanol–water partition coefficient (Wildman–Crippen LogP) is 4.48. The third kappa shape index (κ3) is 5.59. The molecular formula is C27H34N8O2. The molecule has 0 radical (unpaired) electrons. The monoisotopic (exact) mass is 502 g/mol. The highest BCUT2D eigenvalue weighted by atomic mass is 16.6. The number of aromatic nitrogens is 5. The zero-order chi connectivity index (χ0) is 26.2. The van der Waals surface area contributed by atoms with Gasteiger partial charge in [-0.15, -0.1) is 0 Å². The number of nitrogens with zero attached hydrogens (tertiary/aromatic N) is 6. The van der Waals surface area contributed by atoms with Crippen LogP contribution in [0.2, 0.25) is 0 Å². The quantitative estimate of drug-likeness (QED) is 0.401. The largest absolute Gasteiger partial charge is 0.444 e. The molecule has 5 rings (SSSR count). The molecule has 194 valence electrons. The molecule has 0 spiro atoms. The van der Waals surface area contributed by atoms with Gasteiger partial charge in [0, 0.05) is 49.8 Å². The molecule has 0 unspecified atom stereocenters. The Morgan fingerprint density at radius 3 is 2.78 bits per heavy atom. The summed E-state index contributed by atoms with van der Waals surface area (Å²) in [7, 11) is 4.14. The van der Waals surface area contributed by atoms with Crippen LogP contribution in [0.15, 0.2) is 43.0 Å². The molecule has 37 heavy (non-hydrogen) atoms. The lowest BCUT2D eigenvalue weighted by atomic mass is 10.1. The molecule has 10 heteroatoms. The lowest BCUT2D eigenvalue weighted by molar-refractivity contribution is 0.0270. The number of likely N-dealkylation sites (N-methyl/N-ethyl adjacent to an activating group) is 1. The third-order valence-electron chi connectivity index (χ3n) is 6.29. The van der Waals surface area contributed by atoms with Gasteiger partial charge in [-0.25, -0.2) is 19.7 Å². The molecule has 1 amide bonds. The lowest BCUT2D eigenvalue weighted by Gasteiger charge is -2.29. The number of hydrogen-bond acceptors (Lipinski definition) is 7. The van der Waals surface area contributed by atoms with Crippen LogP contribution in [0.4, 0.5) is 16.3 Å². The van der Waals surface area contributed by atoms with Crippen LogP contribution in [-0.2, 0) is 11.2 Å². The third-order valence-corrected chi connectivity index (χ3v) is 6.29. The van der Waals surface area contributed by atoms with E-state index in [0.717, 1.165) is 64.5 Å². The maximum absolute atomic E-state index is 12.4. The summed E-state index contributed by atoms with van der Waals surface area (Å²) < 4.78 is 7.63. The van der Waals surface area contributed by atoms with Crippen LogP contribution in [0, 0.1) is 0 Å². The molecule has 4 aromatic heterocycles. The Kier molecular flexibility index (Phi) is 6.59. The zero-order valence-corrected chi connectivity index (χ0v) is 22.1. The van der Waals surface area contributed by atoms with Crippen LogP contribution >= 0.6 is 0 Å². The first-order valence-corrected chi connectivity index (χ1v) is 12.5. The molecule has 4 aromatic rings. The van der Waals surface area contributed by atoms with Crippen molar-refractivity contribution >= 4 is 39.9 Å². The van der Waals surface area contributed by atoms with Gasteiger partial charge >= 0.3 is 6.09 Å². The zero-order valence-electron chi connectivity index (χ0n) is 22.1. The Hall–Kier alpha value is -3.92. The molecule has 0 fully saturated rings. The molecule has 0 aliphatic carbocycles. The van der Waals surface area contributed by atoms with E-state index in [4.69, 9.17) is 4.74 Å². The van der Waals surface area contributed by atoms with Crippen molar-refractivity contribution in [1.29, 1.82) is 0 Å². The summed E-state index contributed by atoms with van der Waals surface area (Å²) >= 11 is 0. The number of hydrogen-bond donors (Lipinski definition) is 2. The number of rotatable bonds is 6. The number of amides is 1. The van der Waals surface area contributed by atoms with Crippen molar-refractivity contribution < 1.29 is 9.53 Å². The number of nitrogens with one attached hydrogen (secondary N) is 2. The molecule has 2 N–H and O–H groups in total. The van der Waals surface area contributed by atoms with E-state index < -0.39 is 5.60 Å². The summed E-state index contributed by atoms with van der Waals surface area (Å²) in [6.07, 6.45) is 8.99. The molecule has 1 aliphatic heterocycles. The van der Waals surface area contributed by atoms with Gasteiger partial charge in [0.15, 0.2) is 0 Å². The maximum Gasteiger partial charge on any atom is 0.410 e. The number of imidazole rings is 1. The minimum absolute atomic E-state index is 0.281. The van der Waals surface area contributed by atoms with Crippen LogP contribution < -0.4 is 5.32 Å². The topological polar surface area (TPSA) is 104 Å². The minimum Gasteiger partial charge on any atom is -0.444 e. The van der Waals surface area contributed by atoms with Crippen molar-refractivity contribution in [2.24, 2.45) is 0 Å². The van der Waals surface area contributed by atoms with Crippen LogP contribution in [-0.4, -0.2) is 79.6 Å². The van der Waals surface area contributed by atoms with E-state index in [1.165, 1.54) is 0 Å². The van der Waals surface area contributed by atoms with Crippen LogP contribution in [0.25, 0.3) is 22.3 Å². The van der Waals surface area contributed by atoms with Crippen molar-refractivity contribution in [1.82, 2.24) is 34.1 Å². The Morgan fingerprint density at radius 1 is 1.22 bits per heavy atom. The van der Waals surface area contributed by atoms with Gasteiger partial charge in [-0.1, -0.05) is 6.08 Å². The normalized spacial score (nSPS) is 14.4. The highest BCUT2D eigenvalue weighted by Gasteiger charge is 2.24. The van der Waals surface area contributed by atoms with Crippen LogP contribution in [0.3, 0.4) is 0 Å². The van der Waals surface area contributed by atoms with Gasteiger partial charge in [-0.3, -0.25) is 0 Å². The average molecular weight is 503 g/mol. The number of anilines is 2. The number of H-pyrrole nitrogens is 1. The second-order valence-electron chi connectivity index (χ2n) is 10.6. The van der Waals surface area contributed by atoms with Crippen molar-refractivity contribution in [3.63, 3.8) is 0 Å². The molecule has 0 bridgehead atoms. The number of fused-ring (bicyclic) bond motifs is 2. The Morgan fingerprint density at radius 2 is 2.05 bits per heavy atom. The summed E-state index contributed by atoms with van der Waals surface area (Å²) in [6.45, 7) is 7.71. The number of ether oxygens (including phenoxy) is 1. The van der Waals surface area contributed by atoms with E-state index in [-0.39, 0.29) is 6.09 Å². The van der Waals surface area contributed by atoms with Gasteiger partial charge in [0.2, 0.25) is 0 Å². The second-order valence-corrected chi connectivity index (χ2v) is 10.6. The smallest absolute Gasteiger partial charge is 0.410 e. The summed E-state index contributed by atoms with van der Waals surface area (Å²) in [5.41, 5.74) is 5.39. The summed E-state index contributed by atoms with van der Waals surface area (Å²) in [5.74, 6) is 0.730. The van der Waals surface area contributed by atoms with E-state index in [1.54, 1.807) is 11.2 Å². The van der Waals surface area contributed by atoms with E-state index in [9.17, 15) is 4.79 Å². The SMILES string of the molecule is CN(C)CCc1cnc2ccc(Nc3ncnc4[nH]c(C5=CCN(C(=O)OC(C)(C)C)CC5)cc34)cn12. The van der Waals surface area contributed by atoms with Crippen molar-refractivity contribution in [3.8, 4) is 0 Å². The fraction of sp³-hybridized carbons (Fsp3) is 0.407. The van der Waals surface area contributed by atoms with Crippen molar-refractivity contribution in [3.05, 3.63) is 54.4 Å². The summed E-state index contributed by atoms with van der Waals surface area (Å²) in [4.78, 5) is 33.2. The number of aromatic amines is 1. The predicted molar refractivity (Wildman–Crippen MR) is 145 cm³/mol. The second kappa shape index (κ2) is 9.85. The van der Waals surface area contributed by atoms with Crippen LogP contribution in [0.5, 0.6) is 0 Å². The van der Waals surface area contributed by atoms with Gasteiger partial charge in [0.25, 0.3) is 0 Å². The van der Waals surface area contributed by atoms with Gasteiger partial charge in [0.05, 0.1) is 11.1 Å². The molecule has 1 aliphatic rings. The lowest BCUT2D eigenvalue weighted by Crippen LogP contribution is -2.39. The Labute approximate surface area is 216 Å². The van der Waals surface area contributed by atoms with Gasteiger partial charge in [-0.2, -0.15) is 0 Å². The first-order chi connectivity index (χ1) is 17.7. The van der Waals surface area contributed by atoms with Gasteiger partial charge < -0.3 is 29.2 Å². The highest BCUT2D eigenvalue weighted by Crippen LogP contribution is 2.29. The Balaban J connectivity index is 1.35. The maximum atomic E-state index is 12.4. The van der Waals surface area contributed by atoms with E-state index in [2.05, 4.69) is 67.0 Å². The van der Waals surface area contributed by atoms with E-state index in [1.807, 2.05) is 39.1 Å². The van der Waals surface area contributed by atoms with Gasteiger partial charge in [0.1, 0.15) is 29.0 Å². The molecule has 0 saturated heterocycles. The minimum atomic E-state index is -0.503.